The van der Waals surface area contributed by atoms with Gasteiger partial charge in [0.05, 0.1) is 5.57 Å². The fraction of sp³-hybridized carbons (Fsp3) is 0.400. The number of halogens is 1. The van der Waals surface area contributed by atoms with Gasteiger partial charge in [0.15, 0.2) is 5.78 Å². The maximum Gasteiger partial charge on any atom is 0.170 e. The predicted octanol–water partition coefficient (Wildman–Crippen LogP) is 5.96. The monoisotopic (exact) mass is 376 g/mol. The van der Waals surface area contributed by atoms with Crippen LogP contribution in [0.5, 0.6) is 0 Å². The Hall–Kier alpha value is -2.42. The number of aliphatic hydroxyl groups excluding tert-OH is 1. The highest BCUT2D eigenvalue weighted by molar-refractivity contribution is 6.25. The van der Waals surface area contributed by atoms with Crippen LogP contribution in [0.25, 0.3) is 16.7 Å². The first kappa shape index (κ1) is 17.7. The molecule has 3 heteroatoms. The molecular weight excluding hydrogens is 351 g/mol. The fourth-order valence-corrected chi connectivity index (χ4v) is 5.89. The van der Waals surface area contributed by atoms with Crippen molar-refractivity contribution in [3.63, 3.8) is 0 Å². The Bertz CT molecular complexity index is 965. The van der Waals surface area contributed by atoms with E-state index in [9.17, 15) is 14.3 Å². The molecule has 4 aliphatic carbocycles. The first-order valence-electron chi connectivity index (χ1n) is 10.4. The van der Waals surface area contributed by atoms with Gasteiger partial charge in [-0.05, 0) is 84.4 Å². The second-order valence-corrected chi connectivity index (χ2v) is 8.58. The summed E-state index contributed by atoms with van der Waals surface area (Å²) >= 11 is 0. The molecule has 0 aliphatic heterocycles. The van der Waals surface area contributed by atoms with E-state index in [2.05, 4.69) is 6.92 Å². The minimum Gasteiger partial charge on any atom is -0.511 e. The molecule has 3 saturated carbocycles. The molecule has 2 atom stereocenters. The Morgan fingerprint density at radius 3 is 2.14 bits per heavy atom. The topological polar surface area (TPSA) is 37.3 Å². The Morgan fingerprint density at radius 2 is 1.54 bits per heavy atom. The lowest BCUT2D eigenvalue weighted by Crippen LogP contribution is -2.41. The number of aryl methyl sites for hydroxylation is 1. The van der Waals surface area contributed by atoms with Gasteiger partial charge in [-0.1, -0.05) is 31.2 Å². The van der Waals surface area contributed by atoms with E-state index in [-0.39, 0.29) is 23.4 Å². The van der Waals surface area contributed by atoms with Crippen molar-refractivity contribution in [2.24, 2.45) is 23.7 Å². The van der Waals surface area contributed by atoms with Gasteiger partial charge < -0.3 is 5.11 Å². The Labute approximate surface area is 165 Å². The summed E-state index contributed by atoms with van der Waals surface area (Å²) in [6, 6.07) is 12.5. The van der Waals surface area contributed by atoms with E-state index in [1.165, 1.54) is 12.1 Å². The van der Waals surface area contributed by atoms with Crippen LogP contribution in [0.4, 0.5) is 4.39 Å². The largest absolute Gasteiger partial charge is 0.511 e. The van der Waals surface area contributed by atoms with Crippen LogP contribution >= 0.6 is 0 Å². The number of benzene rings is 2. The van der Waals surface area contributed by atoms with Crippen molar-refractivity contribution < 1.29 is 14.3 Å². The molecule has 0 saturated heterocycles. The minimum atomic E-state index is -0.264. The summed E-state index contributed by atoms with van der Waals surface area (Å²) in [4.78, 5) is 13.4. The van der Waals surface area contributed by atoms with Crippen LogP contribution in [0, 0.1) is 29.5 Å². The first-order chi connectivity index (χ1) is 13.6. The highest BCUT2D eigenvalue weighted by Crippen LogP contribution is 2.57. The minimum absolute atomic E-state index is 0.0224. The van der Waals surface area contributed by atoms with E-state index < -0.39 is 0 Å². The standard InChI is InChI=1S/C25H25FO2/c1-2-14-3-8-18(15-9-11-19(26)12-10-15)13-20(14)23-24(27)21-16-4-5-17(7-6-16)22(21)25(23)28/h3,8-13,16-17,21-22,27H,2,4-7H2,1H3/t16?,17?,21-,22+/m0/s1. The second kappa shape index (κ2) is 6.58. The number of carbonyl (C=O) groups excluding carboxylic acids is 1. The van der Waals surface area contributed by atoms with E-state index in [0.717, 1.165) is 54.4 Å². The zero-order valence-corrected chi connectivity index (χ0v) is 16.1. The van der Waals surface area contributed by atoms with Gasteiger partial charge in [0.1, 0.15) is 11.6 Å². The molecule has 2 aromatic carbocycles. The van der Waals surface area contributed by atoms with Crippen LogP contribution in [0.1, 0.15) is 43.7 Å². The summed E-state index contributed by atoms with van der Waals surface area (Å²) in [6.45, 7) is 2.07. The summed E-state index contributed by atoms with van der Waals surface area (Å²) < 4.78 is 13.3. The molecule has 0 radical (unpaired) electrons. The van der Waals surface area contributed by atoms with Gasteiger partial charge in [-0.2, -0.15) is 0 Å². The molecule has 0 unspecified atom stereocenters. The lowest BCUT2D eigenvalue weighted by Gasteiger charge is -2.44. The summed E-state index contributed by atoms with van der Waals surface area (Å²) in [5, 5.41) is 11.2. The second-order valence-electron chi connectivity index (χ2n) is 8.58. The van der Waals surface area contributed by atoms with Gasteiger partial charge in [-0.15, -0.1) is 0 Å². The van der Waals surface area contributed by atoms with E-state index in [1.807, 2.05) is 18.2 Å². The van der Waals surface area contributed by atoms with Crippen LogP contribution in [0.3, 0.4) is 0 Å². The number of rotatable bonds is 3. The Morgan fingerprint density at radius 1 is 0.929 bits per heavy atom. The number of aliphatic hydroxyl groups is 1. The summed E-state index contributed by atoms with van der Waals surface area (Å²) in [7, 11) is 0. The third kappa shape index (κ3) is 2.56. The lowest BCUT2D eigenvalue weighted by molar-refractivity contribution is -0.123. The smallest absolute Gasteiger partial charge is 0.170 e. The highest BCUT2D eigenvalue weighted by Gasteiger charge is 2.54. The molecule has 0 heterocycles. The van der Waals surface area contributed by atoms with E-state index in [0.29, 0.717) is 23.2 Å². The van der Waals surface area contributed by atoms with Crippen molar-refractivity contribution in [3.8, 4) is 11.1 Å². The predicted molar refractivity (Wildman–Crippen MR) is 108 cm³/mol. The summed E-state index contributed by atoms with van der Waals surface area (Å²) in [5.41, 5.74) is 4.34. The highest BCUT2D eigenvalue weighted by atomic mass is 19.1. The number of hydrogen-bond acceptors (Lipinski definition) is 2. The molecule has 6 rings (SSSR count). The number of Topliss-reactive ketones (excluding diaryl/α,β-unsaturated/α-hetero) is 1. The average Bonchev–Trinajstić information content (AvgIpc) is 3.01. The SMILES string of the molecule is CCc1ccc(-c2ccc(F)cc2)cc1C1=C(O)[C@H]2C3CCC(CC3)[C@H]2C1=O. The van der Waals surface area contributed by atoms with Gasteiger partial charge in [-0.3, -0.25) is 4.79 Å². The third-order valence-corrected chi connectivity index (χ3v) is 7.28. The average molecular weight is 376 g/mol. The van der Waals surface area contributed by atoms with Crippen molar-refractivity contribution in [1.82, 2.24) is 0 Å². The number of hydrogen-bond donors (Lipinski definition) is 1. The van der Waals surface area contributed by atoms with Gasteiger partial charge in [-0.25, -0.2) is 4.39 Å². The van der Waals surface area contributed by atoms with Crippen LogP contribution in [0.2, 0.25) is 0 Å². The zero-order valence-electron chi connectivity index (χ0n) is 16.1. The van der Waals surface area contributed by atoms with Crippen molar-refractivity contribution in [1.29, 1.82) is 0 Å². The Kier molecular flexibility index (Phi) is 4.15. The number of carbonyl (C=O) groups is 1. The molecule has 144 valence electrons. The normalized spacial score (nSPS) is 28.7. The molecule has 0 amide bonds. The molecule has 1 N–H and O–H groups in total. The van der Waals surface area contributed by atoms with Gasteiger partial charge in [0, 0.05) is 11.8 Å². The molecule has 28 heavy (non-hydrogen) atoms. The third-order valence-electron chi connectivity index (χ3n) is 7.28. The van der Waals surface area contributed by atoms with E-state index >= 15 is 0 Å². The molecule has 0 spiro atoms. The van der Waals surface area contributed by atoms with Crippen LogP contribution < -0.4 is 0 Å². The molecule has 2 bridgehead atoms. The van der Waals surface area contributed by atoms with Gasteiger partial charge >= 0.3 is 0 Å². The van der Waals surface area contributed by atoms with E-state index in [4.69, 9.17) is 0 Å². The molecule has 4 aliphatic rings. The molecule has 0 aromatic heterocycles. The quantitative estimate of drug-likeness (QED) is 0.718. The lowest BCUT2D eigenvalue weighted by atomic mass is 9.59. The number of allylic oxidation sites excluding steroid dienone is 2. The molecule has 2 aromatic rings. The summed E-state index contributed by atoms with van der Waals surface area (Å²) in [6.07, 6.45) is 5.30. The van der Waals surface area contributed by atoms with Crippen molar-refractivity contribution in [2.75, 3.05) is 0 Å². The summed E-state index contributed by atoms with van der Waals surface area (Å²) in [5.74, 6) is 1.07. The number of fused-ring (bicyclic) bond motifs is 2. The maximum atomic E-state index is 13.4. The van der Waals surface area contributed by atoms with Crippen LogP contribution in [-0.4, -0.2) is 10.9 Å². The molecule has 2 nitrogen and oxygen atoms in total. The maximum absolute atomic E-state index is 13.4. The van der Waals surface area contributed by atoms with Crippen LogP contribution in [0.15, 0.2) is 48.2 Å². The first-order valence-corrected chi connectivity index (χ1v) is 10.4. The molecular formula is C25H25FO2. The van der Waals surface area contributed by atoms with Crippen molar-refractivity contribution in [3.05, 3.63) is 65.2 Å². The van der Waals surface area contributed by atoms with Gasteiger partial charge in [0.25, 0.3) is 0 Å². The fourth-order valence-electron chi connectivity index (χ4n) is 5.89. The van der Waals surface area contributed by atoms with Crippen molar-refractivity contribution >= 4 is 11.4 Å². The Balaban J connectivity index is 1.63. The van der Waals surface area contributed by atoms with E-state index in [1.54, 1.807) is 12.1 Å². The van der Waals surface area contributed by atoms with Gasteiger partial charge in [0.2, 0.25) is 0 Å². The molecule has 3 fully saturated rings. The number of ketones is 1. The van der Waals surface area contributed by atoms with Crippen molar-refractivity contribution in [2.45, 2.75) is 39.0 Å². The van der Waals surface area contributed by atoms with Crippen LogP contribution in [-0.2, 0) is 11.2 Å². The zero-order chi connectivity index (χ0) is 19.4.